The van der Waals surface area contributed by atoms with E-state index in [-0.39, 0.29) is 24.0 Å². The van der Waals surface area contributed by atoms with E-state index >= 15 is 0 Å². The van der Waals surface area contributed by atoms with E-state index in [4.69, 9.17) is 0 Å². The summed E-state index contributed by atoms with van der Waals surface area (Å²) in [6.07, 6.45) is 6.48. The van der Waals surface area contributed by atoms with Crippen LogP contribution >= 0.6 is 0 Å². The molecule has 1 aliphatic rings. The minimum Gasteiger partial charge on any atom is -0.229 e. The minimum atomic E-state index is -3.36. The van der Waals surface area contributed by atoms with Crippen LogP contribution in [0.1, 0.15) is 45.4 Å². The highest BCUT2D eigenvalue weighted by molar-refractivity contribution is 7.91. The maximum absolute atomic E-state index is 11.9. The van der Waals surface area contributed by atoms with Gasteiger partial charge in [0.05, 0.1) is 11.5 Å². The standard InChI is InChI=1S/C12H25NO4S2/c1-3-11-7-4-5-8-12(11)13-19(16,17)10-6-9-18(2,14)15/h11-13H,3-10H2,1-2H3. The molecule has 1 rings (SSSR count). The molecule has 1 N–H and O–H groups in total. The highest BCUT2D eigenvalue weighted by Crippen LogP contribution is 2.27. The monoisotopic (exact) mass is 311 g/mol. The van der Waals surface area contributed by atoms with Crippen LogP contribution < -0.4 is 4.72 Å². The van der Waals surface area contributed by atoms with Crippen LogP contribution in [0.15, 0.2) is 0 Å². The smallest absolute Gasteiger partial charge is 0.211 e. The molecule has 0 aromatic heterocycles. The SMILES string of the molecule is CCC1CCCCC1NS(=O)(=O)CCCS(C)(=O)=O. The first-order valence-corrected chi connectivity index (χ1v) is 10.6. The van der Waals surface area contributed by atoms with Crippen LogP contribution in [0.5, 0.6) is 0 Å². The second-order valence-electron chi connectivity index (χ2n) is 5.48. The lowest BCUT2D eigenvalue weighted by atomic mass is 9.83. The van der Waals surface area contributed by atoms with Crippen LogP contribution in [0.25, 0.3) is 0 Å². The van der Waals surface area contributed by atoms with E-state index in [9.17, 15) is 16.8 Å². The molecule has 5 nitrogen and oxygen atoms in total. The van der Waals surface area contributed by atoms with Crippen LogP contribution in [-0.2, 0) is 19.9 Å². The maximum Gasteiger partial charge on any atom is 0.211 e. The molecule has 0 amide bonds. The number of sulfone groups is 1. The van der Waals surface area contributed by atoms with Gasteiger partial charge in [-0.3, -0.25) is 0 Å². The molecule has 1 aliphatic carbocycles. The third-order valence-electron chi connectivity index (χ3n) is 3.69. The van der Waals surface area contributed by atoms with Gasteiger partial charge in [0.2, 0.25) is 10.0 Å². The van der Waals surface area contributed by atoms with Crippen molar-refractivity contribution >= 4 is 19.9 Å². The summed E-state index contributed by atoms with van der Waals surface area (Å²) in [4.78, 5) is 0. The largest absolute Gasteiger partial charge is 0.229 e. The quantitative estimate of drug-likeness (QED) is 0.768. The Morgan fingerprint density at radius 2 is 1.68 bits per heavy atom. The average molecular weight is 311 g/mol. The summed E-state index contributed by atoms with van der Waals surface area (Å²) in [5.74, 6) is 0.237. The van der Waals surface area contributed by atoms with Gasteiger partial charge in [-0.05, 0) is 25.2 Å². The normalized spacial score (nSPS) is 25.4. The van der Waals surface area contributed by atoms with Gasteiger partial charge in [0.1, 0.15) is 9.84 Å². The van der Waals surface area contributed by atoms with Crippen molar-refractivity contribution in [3.63, 3.8) is 0 Å². The van der Waals surface area contributed by atoms with Gasteiger partial charge in [-0.1, -0.05) is 26.2 Å². The summed E-state index contributed by atoms with van der Waals surface area (Å²) in [5, 5.41) is 0. The van der Waals surface area contributed by atoms with Crippen molar-refractivity contribution in [1.82, 2.24) is 4.72 Å². The number of hydrogen-bond donors (Lipinski definition) is 1. The molecule has 1 saturated carbocycles. The Hall–Kier alpha value is -0.140. The Morgan fingerprint density at radius 1 is 1.05 bits per heavy atom. The van der Waals surface area contributed by atoms with Crippen molar-refractivity contribution in [3.05, 3.63) is 0 Å². The highest BCUT2D eigenvalue weighted by atomic mass is 32.2. The zero-order chi connectivity index (χ0) is 14.5. The van der Waals surface area contributed by atoms with Crippen LogP contribution in [0.2, 0.25) is 0 Å². The van der Waals surface area contributed by atoms with Gasteiger partial charge < -0.3 is 0 Å². The molecular formula is C12H25NO4S2. The van der Waals surface area contributed by atoms with E-state index in [1.807, 2.05) is 0 Å². The molecule has 0 spiro atoms. The van der Waals surface area contributed by atoms with Gasteiger partial charge in [-0.25, -0.2) is 21.6 Å². The van der Waals surface area contributed by atoms with Crippen LogP contribution in [0, 0.1) is 5.92 Å². The molecule has 2 unspecified atom stereocenters. The first-order valence-electron chi connectivity index (χ1n) is 6.91. The van der Waals surface area contributed by atoms with Gasteiger partial charge in [0.15, 0.2) is 0 Å². The fourth-order valence-electron chi connectivity index (χ4n) is 2.65. The van der Waals surface area contributed by atoms with E-state index in [0.29, 0.717) is 5.92 Å². The molecule has 0 heterocycles. The molecule has 0 aromatic rings. The van der Waals surface area contributed by atoms with E-state index in [0.717, 1.165) is 31.9 Å². The summed E-state index contributed by atoms with van der Waals surface area (Å²) in [7, 11) is -6.45. The lowest BCUT2D eigenvalue weighted by molar-refractivity contribution is 0.282. The Kier molecular flexibility index (Phi) is 6.26. The molecule has 7 heteroatoms. The Bertz CT molecular complexity index is 470. The summed E-state index contributed by atoms with van der Waals surface area (Å²) in [5.41, 5.74) is 0. The van der Waals surface area contributed by atoms with Crippen LogP contribution in [0.4, 0.5) is 0 Å². The van der Waals surface area contributed by atoms with Crippen molar-refractivity contribution in [1.29, 1.82) is 0 Å². The van der Waals surface area contributed by atoms with Crippen molar-refractivity contribution in [2.24, 2.45) is 5.92 Å². The van der Waals surface area contributed by atoms with Gasteiger partial charge in [0, 0.05) is 12.3 Å². The van der Waals surface area contributed by atoms with E-state index in [1.165, 1.54) is 6.42 Å². The second kappa shape index (κ2) is 7.04. The lowest BCUT2D eigenvalue weighted by Crippen LogP contribution is -2.43. The Balaban J connectivity index is 2.49. The molecule has 2 atom stereocenters. The van der Waals surface area contributed by atoms with Crippen molar-refractivity contribution < 1.29 is 16.8 Å². The van der Waals surface area contributed by atoms with Crippen molar-refractivity contribution in [3.8, 4) is 0 Å². The van der Waals surface area contributed by atoms with Crippen LogP contribution in [0.3, 0.4) is 0 Å². The summed E-state index contributed by atoms with van der Waals surface area (Å²) < 4.78 is 48.6. The number of nitrogens with one attached hydrogen (secondary N) is 1. The fraction of sp³-hybridized carbons (Fsp3) is 1.00. The summed E-state index contributed by atoms with van der Waals surface area (Å²) >= 11 is 0. The van der Waals surface area contributed by atoms with Gasteiger partial charge in [-0.2, -0.15) is 0 Å². The lowest BCUT2D eigenvalue weighted by Gasteiger charge is -2.31. The highest BCUT2D eigenvalue weighted by Gasteiger charge is 2.27. The first kappa shape index (κ1) is 16.9. The minimum absolute atomic E-state index is 0.0296. The molecule has 0 aliphatic heterocycles. The predicted octanol–water partition coefficient (Wildman–Crippen LogP) is 1.31. The van der Waals surface area contributed by atoms with Crippen molar-refractivity contribution in [2.75, 3.05) is 17.8 Å². The average Bonchev–Trinajstić information content (AvgIpc) is 2.27. The number of sulfonamides is 1. The van der Waals surface area contributed by atoms with E-state index < -0.39 is 19.9 Å². The number of hydrogen-bond acceptors (Lipinski definition) is 4. The molecule has 19 heavy (non-hydrogen) atoms. The number of rotatable bonds is 7. The molecule has 0 radical (unpaired) electrons. The zero-order valence-corrected chi connectivity index (χ0v) is 13.4. The van der Waals surface area contributed by atoms with Gasteiger partial charge >= 0.3 is 0 Å². The maximum atomic E-state index is 11.9. The summed E-state index contributed by atoms with van der Waals surface area (Å²) in [6, 6.07) is 0.0296. The second-order valence-corrected chi connectivity index (χ2v) is 9.61. The van der Waals surface area contributed by atoms with E-state index in [1.54, 1.807) is 0 Å². The molecule has 1 fully saturated rings. The Morgan fingerprint density at radius 3 is 2.26 bits per heavy atom. The Labute approximate surface area is 117 Å². The van der Waals surface area contributed by atoms with Gasteiger partial charge in [-0.15, -0.1) is 0 Å². The first-order chi connectivity index (χ1) is 8.73. The fourth-order valence-corrected chi connectivity index (χ4v) is 4.92. The van der Waals surface area contributed by atoms with Crippen LogP contribution in [-0.4, -0.2) is 40.6 Å². The van der Waals surface area contributed by atoms with Crippen molar-refractivity contribution in [2.45, 2.75) is 51.5 Å². The third-order valence-corrected chi connectivity index (χ3v) is 6.21. The molecular weight excluding hydrogens is 286 g/mol. The predicted molar refractivity (Wildman–Crippen MR) is 77.3 cm³/mol. The molecule has 0 aromatic carbocycles. The zero-order valence-electron chi connectivity index (χ0n) is 11.8. The molecule has 114 valence electrons. The molecule has 0 saturated heterocycles. The third kappa shape index (κ3) is 6.72. The van der Waals surface area contributed by atoms with Gasteiger partial charge in [0.25, 0.3) is 0 Å². The van der Waals surface area contributed by atoms with E-state index in [2.05, 4.69) is 11.6 Å². The molecule has 0 bridgehead atoms. The summed E-state index contributed by atoms with van der Waals surface area (Å²) in [6.45, 7) is 2.08. The topological polar surface area (TPSA) is 80.3 Å².